The van der Waals surface area contributed by atoms with E-state index >= 15 is 0 Å². The van der Waals surface area contributed by atoms with Crippen LogP contribution in [0.2, 0.25) is 0 Å². The lowest BCUT2D eigenvalue weighted by atomic mass is 9.99. The summed E-state index contributed by atoms with van der Waals surface area (Å²) in [7, 11) is 0. The summed E-state index contributed by atoms with van der Waals surface area (Å²) in [6.45, 7) is 3.58. The van der Waals surface area contributed by atoms with Gasteiger partial charge in [-0.2, -0.15) is 13.2 Å². The van der Waals surface area contributed by atoms with E-state index in [2.05, 4.69) is 9.88 Å². The van der Waals surface area contributed by atoms with Crippen molar-refractivity contribution in [1.29, 1.82) is 0 Å². The van der Waals surface area contributed by atoms with Gasteiger partial charge in [0.15, 0.2) is 0 Å². The van der Waals surface area contributed by atoms with Gasteiger partial charge >= 0.3 is 6.18 Å². The maximum absolute atomic E-state index is 12.7. The monoisotopic (exact) mass is 285 g/mol. The molecule has 3 heterocycles. The van der Waals surface area contributed by atoms with Crippen LogP contribution >= 0.6 is 0 Å². The summed E-state index contributed by atoms with van der Waals surface area (Å²) in [5.41, 5.74) is -0.805. The zero-order valence-electron chi connectivity index (χ0n) is 11.2. The van der Waals surface area contributed by atoms with Gasteiger partial charge in [0.2, 0.25) is 0 Å². The SMILES string of the molecule is FC(F)(F)c1cccc(N2CCN3CCCCC3C2)n1. The molecule has 0 aliphatic carbocycles. The summed E-state index contributed by atoms with van der Waals surface area (Å²) < 4.78 is 38.1. The second-order valence-electron chi connectivity index (χ2n) is 5.51. The molecule has 1 atom stereocenters. The third-order valence-electron chi connectivity index (χ3n) is 4.19. The lowest BCUT2D eigenvalue weighted by molar-refractivity contribution is -0.141. The molecule has 110 valence electrons. The molecule has 0 bridgehead atoms. The van der Waals surface area contributed by atoms with Crippen molar-refractivity contribution in [2.75, 3.05) is 31.1 Å². The molecule has 2 fully saturated rings. The molecular formula is C14H18F3N3. The fourth-order valence-electron chi connectivity index (χ4n) is 3.12. The Bertz CT molecular complexity index is 475. The summed E-state index contributed by atoms with van der Waals surface area (Å²) >= 11 is 0. The number of nitrogens with zero attached hydrogens (tertiary/aromatic N) is 3. The highest BCUT2D eigenvalue weighted by atomic mass is 19.4. The first-order chi connectivity index (χ1) is 9.54. The van der Waals surface area contributed by atoms with Crippen LogP contribution in [0.4, 0.5) is 19.0 Å². The molecule has 0 radical (unpaired) electrons. The molecule has 1 unspecified atom stereocenters. The number of aromatic nitrogens is 1. The zero-order chi connectivity index (χ0) is 14.2. The van der Waals surface area contributed by atoms with Crippen LogP contribution in [-0.4, -0.2) is 42.1 Å². The number of hydrogen-bond donors (Lipinski definition) is 0. The van der Waals surface area contributed by atoms with Crippen molar-refractivity contribution >= 4 is 5.82 Å². The van der Waals surface area contributed by atoms with Crippen LogP contribution in [0.1, 0.15) is 25.0 Å². The Morgan fingerprint density at radius 1 is 1.10 bits per heavy atom. The van der Waals surface area contributed by atoms with E-state index in [-0.39, 0.29) is 0 Å². The minimum Gasteiger partial charge on any atom is -0.354 e. The number of alkyl halides is 3. The van der Waals surface area contributed by atoms with E-state index < -0.39 is 11.9 Å². The Hall–Kier alpha value is -1.30. The van der Waals surface area contributed by atoms with Crippen molar-refractivity contribution in [3.8, 4) is 0 Å². The Morgan fingerprint density at radius 2 is 1.95 bits per heavy atom. The molecule has 3 rings (SSSR count). The second kappa shape index (κ2) is 5.24. The highest BCUT2D eigenvalue weighted by Gasteiger charge is 2.34. The maximum Gasteiger partial charge on any atom is 0.433 e. The summed E-state index contributed by atoms with van der Waals surface area (Å²) in [6, 6.07) is 4.61. The van der Waals surface area contributed by atoms with E-state index in [0.29, 0.717) is 11.9 Å². The number of fused-ring (bicyclic) bond motifs is 1. The normalized spacial score (nSPS) is 24.6. The summed E-state index contributed by atoms with van der Waals surface area (Å²) in [6.07, 6.45) is -0.790. The van der Waals surface area contributed by atoms with Crippen LogP contribution in [0.15, 0.2) is 18.2 Å². The van der Waals surface area contributed by atoms with Gasteiger partial charge in [0, 0.05) is 25.7 Å². The number of rotatable bonds is 1. The summed E-state index contributed by atoms with van der Waals surface area (Å²) in [4.78, 5) is 8.23. The van der Waals surface area contributed by atoms with Gasteiger partial charge in [0.05, 0.1) is 0 Å². The summed E-state index contributed by atoms with van der Waals surface area (Å²) in [5, 5.41) is 0. The number of anilines is 1. The van der Waals surface area contributed by atoms with Crippen LogP contribution in [0.5, 0.6) is 0 Å². The molecule has 0 amide bonds. The third-order valence-corrected chi connectivity index (χ3v) is 4.19. The summed E-state index contributed by atoms with van der Waals surface area (Å²) in [5.74, 6) is 0.449. The molecular weight excluding hydrogens is 267 g/mol. The lowest BCUT2D eigenvalue weighted by Crippen LogP contribution is -2.55. The smallest absolute Gasteiger partial charge is 0.354 e. The van der Waals surface area contributed by atoms with E-state index in [1.807, 2.05) is 4.90 Å². The molecule has 1 aromatic rings. The van der Waals surface area contributed by atoms with E-state index in [9.17, 15) is 13.2 Å². The molecule has 0 spiro atoms. The van der Waals surface area contributed by atoms with Crippen molar-refractivity contribution in [3.63, 3.8) is 0 Å². The van der Waals surface area contributed by atoms with Crippen molar-refractivity contribution < 1.29 is 13.2 Å². The first-order valence-corrected chi connectivity index (χ1v) is 7.07. The van der Waals surface area contributed by atoms with Crippen LogP contribution in [0.25, 0.3) is 0 Å². The van der Waals surface area contributed by atoms with Gasteiger partial charge in [0.25, 0.3) is 0 Å². The van der Waals surface area contributed by atoms with Gasteiger partial charge in [-0.05, 0) is 31.5 Å². The van der Waals surface area contributed by atoms with Gasteiger partial charge in [-0.25, -0.2) is 4.98 Å². The average Bonchev–Trinajstić information content (AvgIpc) is 2.46. The van der Waals surface area contributed by atoms with Gasteiger partial charge in [-0.1, -0.05) is 12.5 Å². The molecule has 0 saturated carbocycles. The van der Waals surface area contributed by atoms with Crippen LogP contribution in [0.3, 0.4) is 0 Å². The highest BCUT2D eigenvalue weighted by molar-refractivity contribution is 5.40. The molecule has 0 aromatic carbocycles. The van der Waals surface area contributed by atoms with E-state index in [1.165, 1.54) is 18.9 Å². The Labute approximate surface area is 116 Å². The predicted octanol–water partition coefficient (Wildman–Crippen LogP) is 2.77. The van der Waals surface area contributed by atoms with Crippen molar-refractivity contribution in [3.05, 3.63) is 23.9 Å². The zero-order valence-corrected chi connectivity index (χ0v) is 11.2. The molecule has 2 aliphatic rings. The van der Waals surface area contributed by atoms with Gasteiger partial charge in [-0.15, -0.1) is 0 Å². The quantitative estimate of drug-likeness (QED) is 0.791. The average molecular weight is 285 g/mol. The van der Waals surface area contributed by atoms with Gasteiger partial charge in [0.1, 0.15) is 11.5 Å². The molecule has 0 N–H and O–H groups in total. The number of pyridine rings is 1. The van der Waals surface area contributed by atoms with Crippen molar-refractivity contribution in [1.82, 2.24) is 9.88 Å². The highest BCUT2D eigenvalue weighted by Crippen LogP contribution is 2.30. The molecule has 6 heteroatoms. The molecule has 2 saturated heterocycles. The van der Waals surface area contributed by atoms with Crippen molar-refractivity contribution in [2.24, 2.45) is 0 Å². The molecule has 1 aromatic heterocycles. The Kier molecular flexibility index (Phi) is 3.58. The predicted molar refractivity (Wildman–Crippen MR) is 70.7 cm³/mol. The fourth-order valence-corrected chi connectivity index (χ4v) is 3.12. The largest absolute Gasteiger partial charge is 0.433 e. The first-order valence-electron chi connectivity index (χ1n) is 7.07. The number of piperidine rings is 1. The van der Waals surface area contributed by atoms with Crippen LogP contribution < -0.4 is 4.90 Å². The maximum atomic E-state index is 12.7. The molecule has 20 heavy (non-hydrogen) atoms. The molecule has 2 aliphatic heterocycles. The van der Waals surface area contributed by atoms with Crippen molar-refractivity contribution in [2.45, 2.75) is 31.5 Å². The van der Waals surface area contributed by atoms with E-state index in [0.717, 1.165) is 38.7 Å². The van der Waals surface area contributed by atoms with Crippen LogP contribution in [-0.2, 0) is 6.18 Å². The second-order valence-corrected chi connectivity index (χ2v) is 5.51. The molecule has 3 nitrogen and oxygen atoms in total. The van der Waals surface area contributed by atoms with E-state index in [1.54, 1.807) is 6.07 Å². The number of hydrogen-bond acceptors (Lipinski definition) is 3. The fraction of sp³-hybridized carbons (Fsp3) is 0.643. The van der Waals surface area contributed by atoms with Gasteiger partial charge < -0.3 is 4.90 Å². The minimum absolute atomic E-state index is 0.449. The Balaban J connectivity index is 1.76. The topological polar surface area (TPSA) is 19.4 Å². The standard InChI is InChI=1S/C14H18F3N3/c15-14(16,17)12-5-3-6-13(18-12)20-9-8-19-7-2-1-4-11(19)10-20/h3,5-6,11H,1-2,4,7-10H2. The minimum atomic E-state index is -4.37. The van der Waals surface area contributed by atoms with Gasteiger partial charge in [-0.3, -0.25) is 4.90 Å². The lowest BCUT2D eigenvalue weighted by Gasteiger charge is -2.44. The third kappa shape index (κ3) is 2.75. The number of piperazine rings is 1. The Morgan fingerprint density at radius 3 is 2.75 bits per heavy atom. The number of halogens is 3. The van der Waals surface area contributed by atoms with Crippen LogP contribution in [0, 0.1) is 0 Å². The first kappa shape index (κ1) is 13.7. The van der Waals surface area contributed by atoms with E-state index in [4.69, 9.17) is 0 Å².